The fourth-order valence-electron chi connectivity index (χ4n) is 3.23. The van der Waals surface area contributed by atoms with Gasteiger partial charge in [0.05, 0.1) is 0 Å². The van der Waals surface area contributed by atoms with Gasteiger partial charge < -0.3 is 10.6 Å². The monoisotopic (exact) mass is 260 g/mol. The molecule has 0 aliphatic carbocycles. The molecule has 0 spiro atoms. The van der Waals surface area contributed by atoms with Crippen molar-refractivity contribution in [1.29, 1.82) is 0 Å². The Morgan fingerprint density at radius 3 is 2.47 bits per heavy atom. The van der Waals surface area contributed by atoms with Crippen molar-refractivity contribution in [1.82, 2.24) is 4.90 Å². The Balaban J connectivity index is 1.81. The Morgan fingerprint density at radius 2 is 1.89 bits per heavy atom. The molecule has 0 bridgehead atoms. The van der Waals surface area contributed by atoms with Gasteiger partial charge in [0.1, 0.15) is 0 Å². The Labute approximate surface area is 118 Å². The number of nitrogens with zero attached hydrogens (tertiary/aromatic N) is 1. The first-order valence-electron chi connectivity index (χ1n) is 7.72. The third kappa shape index (κ3) is 3.58. The predicted molar refractivity (Wildman–Crippen MR) is 82.1 cm³/mol. The molecule has 0 saturated carbocycles. The van der Waals surface area contributed by atoms with Crippen LogP contribution in [-0.4, -0.2) is 24.5 Å². The lowest BCUT2D eigenvalue weighted by Gasteiger charge is -2.27. The van der Waals surface area contributed by atoms with Gasteiger partial charge in [-0.05, 0) is 49.8 Å². The van der Waals surface area contributed by atoms with E-state index >= 15 is 0 Å². The Morgan fingerprint density at radius 1 is 1.21 bits per heavy atom. The first-order valence-corrected chi connectivity index (χ1v) is 7.72. The minimum absolute atomic E-state index is 0.180. The number of hydrogen-bond acceptors (Lipinski definition) is 2. The van der Waals surface area contributed by atoms with Crippen LogP contribution in [-0.2, 0) is 0 Å². The predicted octanol–water partition coefficient (Wildman–Crippen LogP) is 3.59. The number of rotatable bonds is 6. The lowest BCUT2D eigenvalue weighted by atomic mass is 9.82. The topological polar surface area (TPSA) is 29.3 Å². The van der Waals surface area contributed by atoms with Crippen molar-refractivity contribution in [3.8, 4) is 0 Å². The Kier molecular flexibility index (Phi) is 5.00. The molecule has 2 rings (SSSR count). The smallest absolute Gasteiger partial charge is 0.0307 e. The fourth-order valence-corrected chi connectivity index (χ4v) is 3.23. The lowest BCUT2D eigenvalue weighted by molar-refractivity contribution is 0.236. The second-order valence-electron chi connectivity index (χ2n) is 6.04. The van der Waals surface area contributed by atoms with Crippen molar-refractivity contribution in [3.63, 3.8) is 0 Å². The molecule has 1 atom stereocenters. The molecule has 2 N–H and O–H groups in total. The van der Waals surface area contributed by atoms with Crippen LogP contribution in [0.3, 0.4) is 0 Å². The third-order valence-corrected chi connectivity index (χ3v) is 5.00. The van der Waals surface area contributed by atoms with E-state index in [4.69, 9.17) is 5.73 Å². The minimum Gasteiger partial charge on any atom is -0.324 e. The molecule has 1 saturated heterocycles. The maximum absolute atomic E-state index is 6.28. The molecule has 19 heavy (non-hydrogen) atoms. The van der Waals surface area contributed by atoms with Crippen LogP contribution < -0.4 is 5.73 Å². The van der Waals surface area contributed by atoms with Gasteiger partial charge in [0.15, 0.2) is 0 Å². The molecule has 1 heterocycles. The highest BCUT2D eigenvalue weighted by Crippen LogP contribution is 2.37. The van der Waals surface area contributed by atoms with Gasteiger partial charge in [-0.15, -0.1) is 0 Å². The summed E-state index contributed by atoms with van der Waals surface area (Å²) < 4.78 is 0. The van der Waals surface area contributed by atoms with Crippen LogP contribution in [0.5, 0.6) is 0 Å². The molecular weight excluding hydrogens is 232 g/mol. The molecule has 0 radical (unpaired) electrons. The van der Waals surface area contributed by atoms with E-state index in [9.17, 15) is 0 Å². The summed E-state index contributed by atoms with van der Waals surface area (Å²) >= 11 is 0. The van der Waals surface area contributed by atoms with E-state index in [-0.39, 0.29) is 6.04 Å². The molecule has 2 nitrogen and oxygen atoms in total. The normalized spacial score (nSPS) is 20.6. The van der Waals surface area contributed by atoms with E-state index < -0.39 is 0 Å². The van der Waals surface area contributed by atoms with Crippen LogP contribution in [0.4, 0.5) is 0 Å². The maximum atomic E-state index is 6.28. The Bertz CT molecular complexity index is 370. The molecule has 1 aliphatic rings. The average Bonchev–Trinajstić information content (AvgIpc) is 2.90. The summed E-state index contributed by atoms with van der Waals surface area (Å²) in [6.07, 6.45) is 5.05. The van der Waals surface area contributed by atoms with Gasteiger partial charge in [0.25, 0.3) is 0 Å². The highest BCUT2D eigenvalue weighted by atomic mass is 15.2. The largest absolute Gasteiger partial charge is 0.324 e. The molecule has 1 aliphatic heterocycles. The van der Waals surface area contributed by atoms with Crippen molar-refractivity contribution >= 4 is 0 Å². The summed E-state index contributed by atoms with van der Waals surface area (Å²) in [5, 5.41) is 0. The van der Waals surface area contributed by atoms with Crippen molar-refractivity contribution in [2.45, 2.75) is 45.6 Å². The number of nitrogens with two attached hydrogens (primary N) is 1. The third-order valence-electron chi connectivity index (χ3n) is 5.00. The quantitative estimate of drug-likeness (QED) is 0.847. The highest BCUT2D eigenvalue weighted by Gasteiger charge is 2.34. The fraction of sp³-hybridized carbons (Fsp3) is 0.647. The van der Waals surface area contributed by atoms with Crippen LogP contribution >= 0.6 is 0 Å². The van der Waals surface area contributed by atoms with Gasteiger partial charge >= 0.3 is 0 Å². The lowest BCUT2D eigenvalue weighted by Crippen LogP contribution is -2.29. The first kappa shape index (κ1) is 14.5. The van der Waals surface area contributed by atoms with Crippen LogP contribution in [0.25, 0.3) is 0 Å². The molecule has 0 amide bonds. The summed E-state index contributed by atoms with van der Waals surface area (Å²) in [6, 6.07) is 10.6. The van der Waals surface area contributed by atoms with Gasteiger partial charge in [0.2, 0.25) is 0 Å². The van der Waals surface area contributed by atoms with Crippen molar-refractivity contribution in [2.75, 3.05) is 19.6 Å². The number of hydrogen-bond donors (Lipinski definition) is 1. The molecule has 1 unspecified atom stereocenters. The standard InChI is InChI=1S/C17H28N2/c1-3-17(4-2)11-13-19(14-17)12-10-16(18)15-8-6-5-7-9-15/h5-9,16H,3-4,10-14,18H2,1-2H3. The molecule has 2 heteroatoms. The van der Waals surface area contributed by atoms with Crippen LogP contribution in [0, 0.1) is 5.41 Å². The molecule has 1 aromatic rings. The molecule has 1 aromatic carbocycles. The van der Waals surface area contributed by atoms with Gasteiger partial charge in [-0.25, -0.2) is 0 Å². The SMILES string of the molecule is CCC1(CC)CCN(CCC(N)c2ccccc2)C1. The van der Waals surface area contributed by atoms with E-state index in [1.807, 2.05) is 6.07 Å². The maximum Gasteiger partial charge on any atom is 0.0307 e. The van der Waals surface area contributed by atoms with Crippen molar-refractivity contribution in [2.24, 2.45) is 11.1 Å². The zero-order chi connectivity index (χ0) is 13.7. The van der Waals surface area contributed by atoms with E-state index in [0.29, 0.717) is 5.41 Å². The van der Waals surface area contributed by atoms with Crippen molar-refractivity contribution < 1.29 is 0 Å². The highest BCUT2D eigenvalue weighted by molar-refractivity contribution is 5.18. The zero-order valence-corrected chi connectivity index (χ0v) is 12.4. The molecule has 106 valence electrons. The van der Waals surface area contributed by atoms with Gasteiger partial charge in [-0.2, -0.15) is 0 Å². The number of benzene rings is 1. The van der Waals surface area contributed by atoms with Crippen LogP contribution in [0.15, 0.2) is 30.3 Å². The minimum atomic E-state index is 0.180. The van der Waals surface area contributed by atoms with E-state index in [0.717, 1.165) is 13.0 Å². The van der Waals surface area contributed by atoms with Gasteiger partial charge in [-0.1, -0.05) is 44.2 Å². The van der Waals surface area contributed by atoms with E-state index in [1.54, 1.807) is 0 Å². The molecule has 0 aromatic heterocycles. The van der Waals surface area contributed by atoms with Crippen LogP contribution in [0.2, 0.25) is 0 Å². The van der Waals surface area contributed by atoms with Crippen LogP contribution in [0.1, 0.15) is 51.1 Å². The Hall–Kier alpha value is -0.860. The molecular formula is C17H28N2. The zero-order valence-electron chi connectivity index (χ0n) is 12.4. The van der Waals surface area contributed by atoms with E-state index in [2.05, 4.69) is 43.0 Å². The second-order valence-corrected chi connectivity index (χ2v) is 6.04. The first-order chi connectivity index (χ1) is 9.19. The number of likely N-dealkylation sites (tertiary alicyclic amines) is 1. The van der Waals surface area contributed by atoms with E-state index in [1.165, 1.54) is 37.9 Å². The molecule has 1 fully saturated rings. The van der Waals surface area contributed by atoms with Gasteiger partial charge in [-0.3, -0.25) is 0 Å². The second kappa shape index (κ2) is 6.53. The van der Waals surface area contributed by atoms with Crippen molar-refractivity contribution in [3.05, 3.63) is 35.9 Å². The summed E-state index contributed by atoms with van der Waals surface area (Å²) in [5.41, 5.74) is 8.12. The van der Waals surface area contributed by atoms with Gasteiger partial charge in [0, 0.05) is 12.6 Å². The summed E-state index contributed by atoms with van der Waals surface area (Å²) in [6.45, 7) is 8.33. The summed E-state index contributed by atoms with van der Waals surface area (Å²) in [5.74, 6) is 0. The summed E-state index contributed by atoms with van der Waals surface area (Å²) in [4.78, 5) is 2.61. The summed E-state index contributed by atoms with van der Waals surface area (Å²) in [7, 11) is 0. The average molecular weight is 260 g/mol.